The molecule has 0 saturated carbocycles. The van der Waals surface area contributed by atoms with Crippen LogP contribution < -0.4 is 9.47 Å². The van der Waals surface area contributed by atoms with E-state index in [9.17, 15) is 9.59 Å². The van der Waals surface area contributed by atoms with Crippen molar-refractivity contribution in [3.63, 3.8) is 0 Å². The van der Waals surface area contributed by atoms with Gasteiger partial charge in [-0.1, -0.05) is 36.6 Å². The van der Waals surface area contributed by atoms with Gasteiger partial charge < -0.3 is 14.6 Å². The Balaban J connectivity index is 2.33. The number of thiocarbonyl (C=S) groups is 1. The van der Waals surface area contributed by atoms with Gasteiger partial charge in [-0.05, 0) is 39.7 Å². The molecule has 1 saturated heterocycles. The van der Waals surface area contributed by atoms with Crippen LogP contribution in [-0.2, 0) is 9.59 Å². The van der Waals surface area contributed by atoms with Gasteiger partial charge in [0.2, 0.25) is 0 Å². The summed E-state index contributed by atoms with van der Waals surface area (Å²) in [4.78, 5) is 24.6. The zero-order valence-electron chi connectivity index (χ0n) is 13.2. The molecule has 0 aromatic heterocycles. The predicted molar refractivity (Wildman–Crippen MR) is 104 cm³/mol. The molecule has 1 aliphatic heterocycles. The first kappa shape index (κ1) is 19.5. The van der Waals surface area contributed by atoms with Crippen molar-refractivity contribution in [2.24, 2.45) is 0 Å². The van der Waals surface area contributed by atoms with E-state index in [2.05, 4.69) is 22.5 Å². The molecule has 9 heteroatoms. The first-order valence-corrected chi connectivity index (χ1v) is 8.97. The van der Waals surface area contributed by atoms with Crippen LogP contribution in [0.5, 0.6) is 11.5 Å². The summed E-state index contributed by atoms with van der Waals surface area (Å²) in [5.41, 5.74) is 0.686. The molecule has 1 N–H and O–H groups in total. The Kier molecular flexibility index (Phi) is 6.63. The Morgan fingerprint density at radius 1 is 1.52 bits per heavy atom. The van der Waals surface area contributed by atoms with E-state index in [0.29, 0.717) is 33.0 Å². The summed E-state index contributed by atoms with van der Waals surface area (Å²) in [5, 5.41) is 8.87. The van der Waals surface area contributed by atoms with Gasteiger partial charge in [-0.2, -0.15) is 0 Å². The second-order valence-electron chi connectivity index (χ2n) is 4.80. The van der Waals surface area contributed by atoms with Gasteiger partial charge in [-0.3, -0.25) is 14.5 Å². The van der Waals surface area contributed by atoms with E-state index in [0.717, 1.165) is 16.7 Å². The number of benzene rings is 1. The molecule has 0 spiro atoms. The van der Waals surface area contributed by atoms with Crippen LogP contribution in [0.2, 0.25) is 0 Å². The average Bonchev–Trinajstić information content (AvgIpc) is 2.80. The van der Waals surface area contributed by atoms with Crippen LogP contribution >= 0.6 is 39.9 Å². The lowest BCUT2D eigenvalue weighted by Crippen LogP contribution is -2.33. The number of halogens is 1. The minimum absolute atomic E-state index is 0.218. The highest BCUT2D eigenvalue weighted by molar-refractivity contribution is 9.10. The predicted octanol–water partition coefficient (Wildman–Crippen LogP) is 3.31. The quantitative estimate of drug-likeness (QED) is 0.393. The fourth-order valence-electron chi connectivity index (χ4n) is 2.03. The summed E-state index contributed by atoms with van der Waals surface area (Å²) in [6.45, 7) is 3.47. The largest absolute Gasteiger partial charge is 0.493 e. The lowest BCUT2D eigenvalue weighted by atomic mass is 10.2. The smallest absolute Gasteiger partial charge is 0.323 e. The SMILES string of the molecule is C=CCOc1c(Br)cc(/C=C2/SC(=S)N(CC(=O)O)C2=O)cc1OC. The van der Waals surface area contributed by atoms with E-state index >= 15 is 0 Å². The molecule has 132 valence electrons. The van der Waals surface area contributed by atoms with Crippen molar-refractivity contribution in [1.82, 2.24) is 4.90 Å². The number of ether oxygens (including phenoxy) is 2. The van der Waals surface area contributed by atoms with Crippen LogP contribution in [0.15, 0.2) is 34.2 Å². The first-order chi connectivity index (χ1) is 11.9. The van der Waals surface area contributed by atoms with Crippen LogP contribution in [0.1, 0.15) is 5.56 Å². The van der Waals surface area contributed by atoms with Gasteiger partial charge in [0, 0.05) is 0 Å². The van der Waals surface area contributed by atoms with Crippen LogP contribution in [0.25, 0.3) is 6.08 Å². The Morgan fingerprint density at radius 2 is 2.24 bits per heavy atom. The zero-order valence-corrected chi connectivity index (χ0v) is 16.4. The Labute approximate surface area is 162 Å². The molecule has 1 aromatic carbocycles. The molecule has 0 atom stereocenters. The molecule has 0 unspecified atom stereocenters. The van der Waals surface area contributed by atoms with Crippen LogP contribution in [0.3, 0.4) is 0 Å². The van der Waals surface area contributed by atoms with Gasteiger partial charge in [-0.25, -0.2) is 0 Å². The number of nitrogens with zero attached hydrogens (tertiary/aromatic N) is 1. The number of carbonyl (C=O) groups excluding carboxylic acids is 1. The molecule has 2 rings (SSSR count). The van der Waals surface area contributed by atoms with E-state index < -0.39 is 18.4 Å². The number of carbonyl (C=O) groups is 2. The van der Waals surface area contributed by atoms with Gasteiger partial charge in [-0.15, -0.1) is 0 Å². The van der Waals surface area contributed by atoms with Crippen molar-refractivity contribution in [2.45, 2.75) is 0 Å². The Hall–Kier alpha value is -1.84. The fraction of sp³-hybridized carbons (Fsp3) is 0.188. The summed E-state index contributed by atoms with van der Waals surface area (Å²) in [7, 11) is 1.51. The molecule has 0 aliphatic carbocycles. The molecular weight excluding hydrogens is 430 g/mol. The van der Waals surface area contributed by atoms with E-state index in [-0.39, 0.29) is 4.32 Å². The third kappa shape index (κ3) is 4.62. The van der Waals surface area contributed by atoms with E-state index in [4.69, 9.17) is 26.8 Å². The minimum Gasteiger partial charge on any atom is -0.493 e. The third-order valence-corrected chi connectivity index (χ3v) is 5.03. The number of hydrogen-bond donors (Lipinski definition) is 1. The van der Waals surface area contributed by atoms with Gasteiger partial charge in [0.1, 0.15) is 17.5 Å². The number of methoxy groups -OCH3 is 1. The van der Waals surface area contributed by atoms with Crippen molar-refractivity contribution in [1.29, 1.82) is 0 Å². The number of rotatable bonds is 7. The van der Waals surface area contributed by atoms with Gasteiger partial charge >= 0.3 is 5.97 Å². The minimum atomic E-state index is -1.12. The second kappa shape index (κ2) is 8.50. The number of aliphatic carboxylic acids is 1. The van der Waals surface area contributed by atoms with Gasteiger partial charge in [0.25, 0.3) is 5.91 Å². The number of carboxylic acids is 1. The Bertz CT molecular complexity index is 778. The maximum Gasteiger partial charge on any atom is 0.323 e. The molecule has 0 bridgehead atoms. The molecular formula is C16H14BrNO5S2. The average molecular weight is 444 g/mol. The van der Waals surface area contributed by atoms with Gasteiger partial charge in [0.15, 0.2) is 11.5 Å². The number of carboxylic acid groups (broad SMARTS) is 1. The summed E-state index contributed by atoms with van der Waals surface area (Å²) >= 11 is 9.55. The van der Waals surface area contributed by atoms with Crippen molar-refractivity contribution in [2.75, 3.05) is 20.3 Å². The van der Waals surface area contributed by atoms with Crippen LogP contribution in [0, 0.1) is 0 Å². The summed E-state index contributed by atoms with van der Waals surface area (Å²) in [5.74, 6) is -0.536. The molecule has 1 aliphatic rings. The highest BCUT2D eigenvalue weighted by atomic mass is 79.9. The maximum atomic E-state index is 12.3. The van der Waals surface area contributed by atoms with E-state index in [1.54, 1.807) is 24.3 Å². The molecule has 1 fully saturated rings. The number of amides is 1. The highest BCUT2D eigenvalue weighted by Crippen LogP contribution is 2.39. The molecule has 25 heavy (non-hydrogen) atoms. The van der Waals surface area contributed by atoms with Crippen molar-refractivity contribution in [3.8, 4) is 11.5 Å². The van der Waals surface area contributed by atoms with Crippen LogP contribution in [0.4, 0.5) is 0 Å². The topological polar surface area (TPSA) is 76.1 Å². The first-order valence-electron chi connectivity index (χ1n) is 6.95. The van der Waals surface area contributed by atoms with E-state index in [1.165, 1.54) is 7.11 Å². The highest BCUT2D eigenvalue weighted by Gasteiger charge is 2.33. The van der Waals surface area contributed by atoms with Gasteiger partial charge in [0.05, 0.1) is 16.5 Å². The van der Waals surface area contributed by atoms with Crippen molar-refractivity contribution >= 4 is 62.2 Å². The number of hydrogen-bond acceptors (Lipinski definition) is 6. The fourth-order valence-corrected chi connectivity index (χ4v) is 3.86. The lowest BCUT2D eigenvalue weighted by Gasteiger charge is -2.12. The van der Waals surface area contributed by atoms with Crippen LogP contribution in [-0.4, -0.2) is 46.5 Å². The molecule has 1 amide bonds. The maximum absolute atomic E-state index is 12.3. The molecule has 1 heterocycles. The molecule has 1 aromatic rings. The lowest BCUT2D eigenvalue weighted by molar-refractivity contribution is -0.140. The van der Waals surface area contributed by atoms with Crippen molar-refractivity contribution in [3.05, 3.63) is 39.7 Å². The van der Waals surface area contributed by atoms with Crippen molar-refractivity contribution < 1.29 is 24.2 Å². The summed E-state index contributed by atoms with van der Waals surface area (Å²) in [6, 6.07) is 3.48. The Morgan fingerprint density at radius 3 is 2.84 bits per heavy atom. The third-order valence-electron chi connectivity index (χ3n) is 3.06. The standard InChI is InChI=1S/C16H14BrNO5S2/c1-3-4-23-14-10(17)5-9(6-11(14)22-2)7-12-15(21)18(8-13(19)20)16(24)25-12/h3,5-7H,1,4,8H2,2H3,(H,19,20)/b12-7+. The second-order valence-corrected chi connectivity index (χ2v) is 7.33. The molecule has 6 nitrogen and oxygen atoms in total. The molecule has 0 radical (unpaired) electrons. The summed E-state index contributed by atoms with van der Waals surface area (Å²) in [6.07, 6.45) is 3.25. The number of thioether (sulfide) groups is 1. The normalized spacial score (nSPS) is 15.6. The van der Waals surface area contributed by atoms with E-state index in [1.807, 2.05) is 0 Å². The summed E-state index contributed by atoms with van der Waals surface area (Å²) < 4.78 is 11.8. The zero-order chi connectivity index (χ0) is 18.6. The monoisotopic (exact) mass is 443 g/mol.